The van der Waals surface area contributed by atoms with E-state index in [-0.39, 0.29) is 6.04 Å². The summed E-state index contributed by atoms with van der Waals surface area (Å²) in [6, 6.07) is 3.91. The largest absolute Gasteiger partial charge is 0.324 e. The molecular formula is C11H15N3. The molecule has 2 N–H and O–H groups in total. The Bertz CT molecular complexity index is 328. The second-order valence-electron chi connectivity index (χ2n) is 3.32. The monoisotopic (exact) mass is 189 g/mol. The lowest BCUT2D eigenvalue weighted by atomic mass is 9.99. The molecule has 74 valence electrons. The van der Waals surface area contributed by atoms with Gasteiger partial charge in [-0.1, -0.05) is 19.8 Å². The Morgan fingerprint density at radius 1 is 1.64 bits per heavy atom. The molecule has 0 aliphatic heterocycles. The molecule has 0 bridgehead atoms. The van der Waals surface area contributed by atoms with Crippen LogP contribution in [-0.2, 0) is 0 Å². The summed E-state index contributed by atoms with van der Waals surface area (Å²) >= 11 is 0. The van der Waals surface area contributed by atoms with Crippen LogP contribution >= 0.6 is 0 Å². The summed E-state index contributed by atoms with van der Waals surface area (Å²) in [6.45, 7) is 2.13. The predicted molar refractivity (Wildman–Crippen MR) is 55.4 cm³/mol. The minimum atomic E-state index is -0.0346. The van der Waals surface area contributed by atoms with Gasteiger partial charge >= 0.3 is 0 Å². The van der Waals surface area contributed by atoms with Gasteiger partial charge < -0.3 is 5.73 Å². The molecule has 0 radical (unpaired) electrons. The summed E-state index contributed by atoms with van der Waals surface area (Å²) in [4.78, 5) is 3.90. The van der Waals surface area contributed by atoms with E-state index in [1.54, 1.807) is 12.4 Å². The summed E-state index contributed by atoms with van der Waals surface area (Å²) in [7, 11) is 0. The van der Waals surface area contributed by atoms with Crippen molar-refractivity contribution < 1.29 is 0 Å². The number of rotatable bonds is 4. The van der Waals surface area contributed by atoms with Crippen LogP contribution in [0.15, 0.2) is 18.5 Å². The number of pyridine rings is 1. The van der Waals surface area contributed by atoms with Crippen LogP contribution in [0.1, 0.15) is 43.4 Å². The topological polar surface area (TPSA) is 62.7 Å². The molecule has 3 heteroatoms. The van der Waals surface area contributed by atoms with Crippen LogP contribution in [-0.4, -0.2) is 4.98 Å². The summed E-state index contributed by atoms with van der Waals surface area (Å²) in [5.41, 5.74) is 7.49. The van der Waals surface area contributed by atoms with Gasteiger partial charge in [-0.3, -0.25) is 4.98 Å². The first-order valence-electron chi connectivity index (χ1n) is 4.89. The average molecular weight is 189 g/mol. The molecule has 0 unspecified atom stereocenters. The number of nitrogens with zero attached hydrogens (tertiary/aromatic N) is 2. The van der Waals surface area contributed by atoms with E-state index in [0.29, 0.717) is 5.56 Å². The maximum atomic E-state index is 8.85. The summed E-state index contributed by atoms with van der Waals surface area (Å²) < 4.78 is 0. The summed E-state index contributed by atoms with van der Waals surface area (Å²) in [5, 5.41) is 8.85. The van der Waals surface area contributed by atoms with Gasteiger partial charge in [-0.05, 0) is 18.1 Å². The highest BCUT2D eigenvalue weighted by molar-refractivity contribution is 5.36. The maximum Gasteiger partial charge on any atom is 0.101 e. The van der Waals surface area contributed by atoms with Gasteiger partial charge in [0.2, 0.25) is 0 Å². The molecule has 1 atom stereocenters. The molecule has 1 aromatic heterocycles. The first-order chi connectivity index (χ1) is 6.79. The van der Waals surface area contributed by atoms with E-state index >= 15 is 0 Å². The van der Waals surface area contributed by atoms with E-state index in [0.717, 1.165) is 24.8 Å². The molecule has 3 nitrogen and oxygen atoms in total. The van der Waals surface area contributed by atoms with E-state index < -0.39 is 0 Å². The quantitative estimate of drug-likeness (QED) is 0.789. The highest BCUT2D eigenvalue weighted by Gasteiger charge is 2.09. The second kappa shape index (κ2) is 5.36. The third kappa shape index (κ3) is 2.54. The van der Waals surface area contributed by atoms with Gasteiger partial charge in [-0.25, -0.2) is 0 Å². The Morgan fingerprint density at radius 3 is 3.07 bits per heavy atom. The van der Waals surface area contributed by atoms with E-state index in [4.69, 9.17) is 11.0 Å². The van der Waals surface area contributed by atoms with Crippen molar-refractivity contribution in [3.63, 3.8) is 0 Å². The Balaban J connectivity index is 2.79. The first-order valence-corrected chi connectivity index (χ1v) is 4.89. The normalized spacial score (nSPS) is 12.1. The van der Waals surface area contributed by atoms with Gasteiger partial charge in [0, 0.05) is 18.4 Å². The van der Waals surface area contributed by atoms with Crippen molar-refractivity contribution in [2.75, 3.05) is 0 Å². The average Bonchev–Trinajstić information content (AvgIpc) is 2.25. The Morgan fingerprint density at radius 2 is 2.43 bits per heavy atom. The van der Waals surface area contributed by atoms with Crippen molar-refractivity contribution in [1.29, 1.82) is 5.26 Å². The summed E-state index contributed by atoms with van der Waals surface area (Å²) in [6.07, 6.45) is 6.40. The SMILES string of the molecule is CCCC[C@@H](N)c1ccncc1C#N. The van der Waals surface area contributed by atoms with E-state index in [1.807, 2.05) is 6.07 Å². The Kier molecular flexibility index (Phi) is 4.09. The minimum absolute atomic E-state index is 0.0346. The van der Waals surface area contributed by atoms with E-state index in [1.165, 1.54) is 0 Å². The molecule has 0 aliphatic carbocycles. The van der Waals surface area contributed by atoms with Crippen LogP contribution in [0.5, 0.6) is 0 Å². The molecule has 14 heavy (non-hydrogen) atoms. The van der Waals surface area contributed by atoms with Crippen molar-refractivity contribution in [1.82, 2.24) is 4.98 Å². The molecule has 0 aromatic carbocycles. The molecule has 0 spiro atoms. The van der Waals surface area contributed by atoms with Crippen LogP contribution < -0.4 is 5.73 Å². The van der Waals surface area contributed by atoms with Crippen LogP contribution in [0.4, 0.5) is 0 Å². The minimum Gasteiger partial charge on any atom is -0.324 e. The zero-order chi connectivity index (χ0) is 10.4. The third-order valence-corrected chi connectivity index (χ3v) is 2.24. The van der Waals surface area contributed by atoms with Gasteiger partial charge in [-0.2, -0.15) is 5.26 Å². The van der Waals surface area contributed by atoms with Crippen molar-refractivity contribution in [2.24, 2.45) is 5.73 Å². The van der Waals surface area contributed by atoms with Crippen molar-refractivity contribution >= 4 is 0 Å². The summed E-state index contributed by atoms with van der Waals surface area (Å²) in [5.74, 6) is 0. The zero-order valence-electron chi connectivity index (χ0n) is 8.40. The van der Waals surface area contributed by atoms with Crippen molar-refractivity contribution in [3.8, 4) is 6.07 Å². The lowest BCUT2D eigenvalue weighted by Gasteiger charge is -2.11. The number of hydrogen-bond donors (Lipinski definition) is 1. The number of nitriles is 1. The zero-order valence-corrected chi connectivity index (χ0v) is 8.40. The fourth-order valence-electron chi connectivity index (χ4n) is 1.40. The molecule has 0 fully saturated rings. The van der Waals surface area contributed by atoms with Crippen LogP contribution in [0.25, 0.3) is 0 Å². The van der Waals surface area contributed by atoms with Gasteiger partial charge in [0.05, 0.1) is 5.56 Å². The number of nitrogens with two attached hydrogens (primary N) is 1. The molecule has 0 amide bonds. The fourth-order valence-corrected chi connectivity index (χ4v) is 1.40. The lowest BCUT2D eigenvalue weighted by Crippen LogP contribution is -2.11. The molecule has 0 saturated heterocycles. The van der Waals surface area contributed by atoms with Gasteiger partial charge in [0.1, 0.15) is 6.07 Å². The van der Waals surface area contributed by atoms with Crippen LogP contribution in [0.3, 0.4) is 0 Å². The second-order valence-corrected chi connectivity index (χ2v) is 3.32. The number of unbranched alkanes of at least 4 members (excludes halogenated alkanes) is 1. The van der Waals surface area contributed by atoms with Crippen molar-refractivity contribution in [3.05, 3.63) is 29.6 Å². The molecule has 1 aromatic rings. The predicted octanol–water partition coefficient (Wildman–Crippen LogP) is 2.14. The lowest BCUT2D eigenvalue weighted by molar-refractivity contribution is 0.602. The van der Waals surface area contributed by atoms with E-state index in [9.17, 15) is 0 Å². The Hall–Kier alpha value is -1.40. The van der Waals surface area contributed by atoms with Crippen LogP contribution in [0.2, 0.25) is 0 Å². The standard InChI is InChI=1S/C11H15N3/c1-2-3-4-11(13)10-5-6-14-8-9(10)7-12/h5-6,8,11H,2-4,13H2,1H3/t11-/m1/s1. The fraction of sp³-hybridized carbons (Fsp3) is 0.455. The smallest absolute Gasteiger partial charge is 0.101 e. The molecule has 1 heterocycles. The van der Waals surface area contributed by atoms with Gasteiger partial charge in [0.25, 0.3) is 0 Å². The van der Waals surface area contributed by atoms with Crippen LogP contribution in [0, 0.1) is 11.3 Å². The number of aromatic nitrogens is 1. The van der Waals surface area contributed by atoms with Gasteiger partial charge in [-0.15, -0.1) is 0 Å². The molecule has 1 rings (SSSR count). The highest BCUT2D eigenvalue weighted by atomic mass is 14.7. The number of hydrogen-bond acceptors (Lipinski definition) is 3. The molecule has 0 saturated carbocycles. The first kappa shape index (κ1) is 10.7. The highest BCUT2D eigenvalue weighted by Crippen LogP contribution is 2.19. The van der Waals surface area contributed by atoms with Gasteiger partial charge in [0.15, 0.2) is 0 Å². The maximum absolute atomic E-state index is 8.85. The molecular weight excluding hydrogens is 174 g/mol. The third-order valence-electron chi connectivity index (χ3n) is 2.24. The Labute approximate surface area is 84.6 Å². The van der Waals surface area contributed by atoms with Crippen molar-refractivity contribution in [2.45, 2.75) is 32.2 Å². The van der Waals surface area contributed by atoms with E-state index in [2.05, 4.69) is 18.0 Å². The molecule has 0 aliphatic rings.